The maximum Gasteiger partial charge on any atom is 0.0138 e. The van der Waals surface area contributed by atoms with E-state index in [1.54, 1.807) is 0 Å². The fraction of sp³-hybridized carbons (Fsp3) is 0.625. The number of hydrogen-bond donors (Lipinski definition) is 1. The lowest BCUT2D eigenvalue weighted by atomic mass is 9.96. The minimum atomic E-state index is 0.701. The molecule has 92 valence electrons. The van der Waals surface area contributed by atoms with Crippen LogP contribution >= 0.6 is 0 Å². The molecule has 1 aromatic carbocycles. The van der Waals surface area contributed by atoms with E-state index in [9.17, 15) is 0 Å². The summed E-state index contributed by atoms with van der Waals surface area (Å²) in [7, 11) is 2.13. The van der Waals surface area contributed by atoms with Gasteiger partial charge in [-0.1, -0.05) is 36.2 Å². The summed E-state index contributed by atoms with van der Waals surface area (Å²) in [6.07, 6.45) is 5.66. The molecule has 2 fully saturated rings. The zero-order valence-electron chi connectivity index (χ0n) is 10.9. The number of nitrogens with one attached hydrogen (secondary N) is 1. The summed E-state index contributed by atoms with van der Waals surface area (Å²) in [4.78, 5) is 0. The Morgan fingerprint density at radius 1 is 1.29 bits per heavy atom. The first-order valence-electron chi connectivity index (χ1n) is 7.02. The lowest BCUT2D eigenvalue weighted by Crippen LogP contribution is -2.31. The number of aryl methyl sites for hydroxylation is 1. The summed E-state index contributed by atoms with van der Waals surface area (Å²) < 4.78 is 0. The second kappa shape index (κ2) is 4.45. The Morgan fingerprint density at radius 2 is 2.06 bits per heavy atom. The minimum absolute atomic E-state index is 0.701. The van der Waals surface area contributed by atoms with Crippen molar-refractivity contribution in [2.75, 3.05) is 7.05 Å². The van der Waals surface area contributed by atoms with E-state index < -0.39 is 0 Å². The van der Waals surface area contributed by atoms with Crippen molar-refractivity contribution in [2.45, 2.75) is 38.6 Å². The zero-order chi connectivity index (χ0) is 11.8. The summed E-state index contributed by atoms with van der Waals surface area (Å²) in [5, 5.41) is 3.56. The van der Waals surface area contributed by atoms with Gasteiger partial charge in [0.2, 0.25) is 0 Å². The first kappa shape index (κ1) is 11.3. The fourth-order valence-electron chi connectivity index (χ4n) is 4.00. The number of rotatable bonds is 4. The normalized spacial score (nSPS) is 32.2. The molecule has 1 heteroatoms. The van der Waals surface area contributed by atoms with Crippen LogP contribution in [0.15, 0.2) is 24.3 Å². The van der Waals surface area contributed by atoms with E-state index in [2.05, 4.69) is 43.6 Å². The van der Waals surface area contributed by atoms with Crippen molar-refractivity contribution < 1.29 is 0 Å². The van der Waals surface area contributed by atoms with E-state index in [4.69, 9.17) is 0 Å². The van der Waals surface area contributed by atoms with Crippen molar-refractivity contribution in [3.8, 4) is 0 Å². The number of likely N-dealkylation sites (N-methyl/N-ethyl adjacent to an activating group) is 1. The van der Waals surface area contributed by atoms with Crippen molar-refractivity contribution in [3.63, 3.8) is 0 Å². The van der Waals surface area contributed by atoms with Crippen LogP contribution in [-0.4, -0.2) is 13.1 Å². The maximum atomic E-state index is 3.56. The molecular formula is C16H23N. The van der Waals surface area contributed by atoms with Gasteiger partial charge >= 0.3 is 0 Å². The molecular weight excluding hydrogens is 206 g/mol. The number of hydrogen-bond acceptors (Lipinski definition) is 1. The van der Waals surface area contributed by atoms with E-state index in [1.807, 2.05) is 0 Å². The molecule has 0 aliphatic heterocycles. The first-order valence-corrected chi connectivity index (χ1v) is 7.02. The van der Waals surface area contributed by atoms with Gasteiger partial charge in [-0.05, 0) is 56.6 Å². The highest BCUT2D eigenvalue weighted by Crippen LogP contribution is 2.59. The molecule has 0 heterocycles. The third kappa shape index (κ3) is 2.13. The van der Waals surface area contributed by atoms with Gasteiger partial charge in [-0.3, -0.25) is 0 Å². The van der Waals surface area contributed by atoms with Gasteiger partial charge in [0, 0.05) is 6.04 Å². The van der Waals surface area contributed by atoms with E-state index in [-0.39, 0.29) is 0 Å². The minimum Gasteiger partial charge on any atom is -0.316 e. The Bertz CT molecular complexity index is 388. The Balaban J connectivity index is 1.66. The van der Waals surface area contributed by atoms with Gasteiger partial charge in [0.15, 0.2) is 0 Å². The lowest BCUT2D eigenvalue weighted by Gasteiger charge is -2.18. The monoisotopic (exact) mass is 229 g/mol. The molecule has 0 bridgehead atoms. The average molecular weight is 229 g/mol. The second-order valence-corrected chi connectivity index (χ2v) is 5.92. The van der Waals surface area contributed by atoms with Crippen LogP contribution in [0.2, 0.25) is 0 Å². The standard InChI is InChI=1S/C16H23N/c1-11-5-3-6-12(9-11)10-15(17-2)16-13-7-4-8-14(13)16/h3,5-6,9,13-17H,4,7-8,10H2,1-2H3. The maximum absolute atomic E-state index is 3.56. The van der Waals surface area contributed by atoms with Gasteiger partial charge < -0.3 is 5.32 Å². The number of fused-ring (bicyclic) bond motifs is 1. The summed E-state index contributed by atoms with van der Waals surface area (Å²) in [5.41, 5.74) is 2.88. The Kier molecular flexibility index (Phi) is 2.96. The van der Waals surface area contributed by atoms with Crippen LogP contribution in [0.4, 0.5) is 0 Å². The summed E-state index contributed by atoms with van der Waals surface area (Å²) in [5.74, 6) is 3.07. The average Bonchev–Trinajstić information content (AvgIpc) is 2.80. The highest BCUT2D eigenvalue weighted by Gasteiger charge is 2.55. The Morgan fingerprint density at radius 3 is 2.71 bits per heavy atom. The van der Waals surface area contributed by atoms with Gasteiger partial charge in [0.05, 0.1) is 0 Å². The first-order chi connectivity index (χ1) is 8.29. The predicted molar refractivity (Wildman–Crippen MR) is 72.1 cm³/mol. The van der Waals surface area contributed by atoms with Gasteiger partial charge in [-0.2, -0.15) is 0 Å². The topological polar surface area (TPSA) is 12.0 Å². The Hall–Kier alpha value is -0.820. The molecule has 0 saturated heterocycles. The highest BCUT2D eigenvalue weighted by molar-refractivity contribution is 5.24. The molecule has 3 unspecified atom stereocenters. The smallest absolute Gasteiger partial charge is 0.0138 e. The third-order valence-corrected chi connectivity index (χ3v) is 4.85. The molecule has 2 saturated carbocycles. The molecule has 0 amide bonds. The summed E-state index contributed by atoms with van der Waals surface area (Å²) in [6.45, 7) is 2.18. The molecule has 0 aromatic heterocycles. The molecule has 0 spiro atoms. The van der Waals surface area contributed by atoms with Crippen molar-refractivity contribution in [1.82, 2.24) is 5.32 Å². The zero-order valence-corrected chi connectivity index (χ0v) is 10.9. The molecule has 3 atom stereocenters. The van der Waals surface area contributed by atoms with Gasteiger partial charge in [0.1, 0.15) is 0 Å². The van der Waals surface area contributed by atoms with Gasteiger partial charge in [-0.15, -0.1) is 0 Å². The summed E-state index contributed by atoms with van der Waals surface area (Å²) >= 11 is 0. The van der Waals surface area contributed by atoms with Crippen LogP contribution in [0.5, 0.6) is 0 Å². The molecule has 1 nitrogen and oxygen atoms in total. The second-order valence-electron chi connectivity index (χ2n) is 5.92. The van der Waals surface area contributed by atoms with E-state index in [0.29, 0.717) is 6.04 Å². The molecule has 2 aliphatic carbocycles. The SMILES string of the molecule is CNC(Cc1cccc(C)c1)C1C2CCCC21. The van der Waals surface area contributed by atoms with E-state index >= 15 is 0 Å². The predicted octanol–water partition coefficient (Wildman–Crippen LogP) is 3.17. The van der Waals surface area contributed by atoms with Crippen LogP contribution in [-0.2, 0) is 6.42 Å². The van der Waals surface area contributed by atoms with Crippen LogP contribution in [0.3, 0.4) is 0 Å². The van der Waals surface area contributed by atoms with Crippen molar-refractivity contribution in [2.24, 2.45) is 17.8 Å². The quantitative estimate of drug-likeness (QED) is 0.836. The molecule has 3 rings (SSSR count). The van der Waals surface area contributed by atoms with E-state index in [0.717, 1.165) is 17.8 Å². The van der Waals surface area contributed by atoms with Crippen molar-refractivity contribution >= 4 is 0 Å². The molecule has 1 aromatic rings. The molecule has 0 radical (unpaired) electrons. The fourth-order valence-corrected chi connectivity index (χ4v) is 4.00. The summed E-state index contributed by atoms with van der Waals surface area (Å²) in [6, 6.07) is 9.68. The largest absolute Gasteiger partial charge is 0.316 e. The van der Waals surface area contributed by atoms with E-state index in [1.165, 1.54) is 36.8 Å². The number of benzene rings is 1. The van der Waals surface area contributed by atoms with Crippen LogP contribution in [0.1, 0.15) is 30.4 Å². The third-order valence-electron chi connectivity index (χ3n) is 4.85. The van der Waals surface area contributed by atoms with Crippen molar-refractivity contribution in [1.29, 1.82) is 0 Å². The molecule has 2 aliphatic rings. The van der Waals surface area contributed by atoms with Gasteiger partial charge in [0.25, 0.3) is 0 Å². The lowest BCUT2D eigenvalue weighted by molar-refractivity contribution is 0.428. The molecule has 17 heavy (non-hydrogen) atoms. The van der Waals surface area contributed by atoms with Crippen LogP contribution in [0, 0.1) is 24.7 Å². The highest BCUT2D eigenvalue weighted by atomic mass is 14.9. The Labute approximate surface area is 105 Å². The van der Waals surface area contributed by atoms with Gasteiger partial charge in [-0.25, -0.2) is 0 Å². The van der Waals surface area contributed by atoms with Crippen LogP contribution < -0.4 is 5.32 Å². The molecule has 1 N–H and O–H groups in total. The van der Waals surface area contributed by atoms with Crippen LogP contribution in [0.25, 0.3) is 0 Å². The van der Waals surface area contributed by atoms with Crippen molar-refractivity contribution in [3.05, 3.63) is 35.4 Å².